The lowest BCUT2D eigenvalue weighted by Crippen LogP contribution is -2.32. The second-order valence-corrected chi connectivity index (χ2v) is 8.18. The zero-order valence-corrected chi connectivity index (χ0v) is 17.6. The summed E-state index contributed by atoms with van der Waals surface area (Å²) >= 11 is 0. The van der Waals surface area contributed by atoms with Gasteiger partial charge in [-0.2, -0.15) is 0 Å². The zero-order chi connectivity index (χ0) is 21.9. The molecule has 1 heterocycles. The number of carbonyl (C=O) groups is 1. The molecule has 0 aromatic heterocycles. The third-order valence-electron chi connectivity index (χ3n) is 5.30. The van der Waals surface area contributed by atoms with Crippen molar-refractivity contribution >= 4 is 11.9 Å². The molecule has 5 nitrogen and oxygen atoms in total. The number of ketones is 1. The summed E-state index contributed by atoms with van der Waals surface area (Å²) in [6.07, 6.45) is 8.41. The molecule has 0 saturated heterocycles. The second-order valence-electron chi connectivity index (χ2n) is 8.18. The van der Waals surface area contributed by atoms with Gasteiger partial charge in [-0.3, -0.25) is 4.79 Å². The molecule has 3 N–H and O–H groups in total. The first-order valence-electron chi connectivity index (χ1n) is 10.1. The maximum absolute atomic E-state index is 12.5. The molecular weight excluding hydrogens is 380 g/mol. The Hall–Kier alpha value is -3.21. The predicted molar refractivity (Wildman–Crippen MR) is 117 cm³/mol. The molecule has 1 aliphatic heterocycles. The fourth-order valence-electron chi connectivity index (χ4n) is 3.58. The molecule has 0 fully saturated rings. The van der Waals surface area contributed by atoms with Crippen LogP contribution in [0.1, 0.15) is 61.5 Å². The molecule has 0 saturated carbocycles. The van der Waals surface area contributed by atoms with Gasteiger partial charge in [-0.1, -0.05) is 23.8 Å². The van der Waals surface area contributed by atoms with Crippen LogP contribution >= 0.6 is 0 Å². The number of fused-ring (bicyclic) bond motifs is 1. The highest BCUT2D eigenvalue weighted by molar-refractivity contribution is 5.98. The summed E-state index contributed by atoms with van der Waals surface area (Å²) in [5, 5.41) is 29.6. The Bertz CT molecular complexity index is 1010. The third kappa shape index (κ3) is 4.85. The minimum Gasteiger partial charge on any atom is -0.508 e. The maximum Gasteiger partial charge on any atom is 0.169 e. The van der Waals surface area contributed by atoms with Crippen molar-refractivity contribution in [2.45, 2.75) is 52.1 Å². The van der Waals surface area contributed by atoms with E-state index in [2.05, 4.69) is 19.9 Å². The first-order valence-corrected chi connectivity index (χ1v) is 10.1. The lowest BCUT2D eigenvalue weighted by Gasteiger charge is -2.32. The SMILES string of the molecule is CC(C)=CCC[C@@]1(C)C=Cc2c(CCC(=O)c3ccc(O)cc3O)ccc(O)c2O1. The van der Waals surface area contributed by atoms with E-state index in [4.69, 9.17) is 4.74 Å². The van der Waals surface area contributed by atoms with E-state index in [1.54, 1.807) is 12.1 Å². The number of phenolic OH excluding ortho intramolecular Hbond substituents is 3. The Kier molecular flexibility index (Phi) is 6.20. The smallest absolute Gasteiger partial charge is 0.169 e. The van der Waals surface area contributed by atoms with Crippen LogP contribution in [0.25, 0.3) is 6.08 Å². The zero-order valence-electron chi connectivity index (χ0n) is 17.6. The highest BCUT2D eigenvalue weighted by atomic mass is 16.5. The van der Waals surface area contributed by atoms with Crippen molar-refractivity contribution in [3.63, 3.8) is 0 Å². The molecule has 158 valence electrons. The van der Waals surface area contributed by atoms with Gasteiger partial charge >= 0.3 is 0 Å². The van der Waals surface area contributed by atoms with Gasteiger partial charge in [0.25, 0.3) is 0 Å². The first-order chi connectivity index (χ1) is 14.2. The quantitative estimate of drug-likeness (QED) is 0.414. The van der Waals surface area contributed by atoms with Gasteiger partial charge in [0.1, 0.15) is 17.1 Å². The number of hydrogen-bond donors (Lipinski definition) is 3. The van der Waals surface area contributed by atoms with Crippen molar-refractivity contribution in [3.05, 3.63) is 64.7 Å². The van der Waals surface area contributed by atoms with Gasteiger partial charge in [-0.15, -0.1) is 0 Å². The average molecular weight is 408 g/mol. The van der Waals surface area contributed by atoms with Gasteiger partial charge in [0.15, 0.2) is 17.3 Å². The normalized spacial score (nSPS) is 17.2. The van der Waals surface area contributed by atoms with Gasteiger partial charge in [-0.25, -0.2) is 0 Å². The maximum atomic E-state index is 12.5. The summed E-state index contributed by atoms with van der Waals surface area (Å²) < 4.78 is 6.18. The fourth-order valence-corrected chi connectivity index (χ4v) is 3.58. The predicted octanol–water partition coefficient (Wildman–Crippen LogP) is 5.53. The molecular formula is C25H28O5. The number of Topliss-reactive ketones (excluding diaryl/α,β-unsaturated/α-hetero) is 1. The van der Waals surface area contributed by atoms with Gasteiger partial charge in [-0.05, 0) is 69.9 Å². The number of aryl methyl sites for hydroxylation is 1. The van der Waals surface area contributed by atoms with Crippen LogP contribution in [0.4, 0.5) is 0 Å². The van der Waals surface area contributed by atoms with Crippen LogP contribution in [0.5, 0.6) is 23.0 Å². The van der Waals surface area contributed by atoms with Crippen molar-refractivity contribution in [3.8, 4) is 23.0 Å². The van der Waals surface area contributed by atoms with E-state index in [9.17, 15) is 20.1 Å². The highest BCUT2D eigenvalue weighted by Gasteiger charge is 2.29. The van der Waals surface area contributed by atoms with E-state index in [1.165, 1.54) is 17.7 Å². The molecule has 2 aromatic rings. The average Bonchev–Trinajstić information content (AvgIpc) is 2.67. The van der Waals surface area contributed by atoms with Gasteiger partial charge in [0.2, 0.25) is 0 Å². The standard InChI is InChI=1S/C25H28O5/c1-16(2)5-4-13-25(3)14-12-19-17(7-11-22(28)24(19)30-25)6-10-21(27)20-9-8-18(26)15-23(20)29/h5,7-9,11-12,14-15,26,28-29H,4,6,10,13H2,1-3H3/t25-/m0/s1. The molecule has 0 unspecified atom stereocenters. The number of hydrogen-bond acceptors (Lipinski definition) is 5. The molecule has 5 heteroatoms. The van der Waals surface area contributed by atoms with Crippen LogP contribution in [0.3, 0.4) is 0 Å². The van der Waals surface area contributed by atoms with Gasteiger partial charge < -0.3 is 20.1 Å². The van der Waals surface area contributed by atoms with Crippen LogP contribution in [0.2, 0.25) is 0 Å². The number of rotatable bonds is 7. The lowest BCUT2D eigenvalue weighted by atomic mass is 9.91. The number of benzene rings is 2. The van der Waals surface area contributed by atoms with Gasteiger partial charge in [0.05, 0.1) is 5.56 Å². The van der Waals surface area contributed by atoms with Crippen molar-refractivity contribution < 1.29 is 24.9 Å². The molecule has 1 aliphatic rings. The van der Waals surface area contributed by atoms with E-state index >= 15 is 0 Å². The molecule has 0 aliphatic carbocycles. The molecule has 2 aromatic carbocycles. The van der Waals surface area contributed by atoms with E-state index < -0.39 is 5.60 Å². The molecule has 1 atom stereocenters. The van der Waals surface area contributed by atoms with Crippen LogP contribution in [0.15, 0.2) is 48.1 Å². The van der Waals surface area contributed by atoms with E-state index in [-0.39, 0.29) is 35.0 Å². The first kappa shape index (κ1) is 21.5. The molecule has 30 heavy (non-hydrogen) atoms. The summed E-state index contributed by atoms with van der Waals surface area (Å²) in [7, 11) is 0. The third-order valence-corrected chi connectivity index (χ3v) is 5.30. The van der Waals surface area contributed by atoms with Crippen LogP contribution < -0.4 is 4.74 Å². The minimum absolute atomic E-state index is 0.0778. The van der Waals surface area contributed by atoms with Crippen LogP contribution in [-0.4, -0.2) is 26.7 Å². The van der Waals surface area contributed by atoms with Crippen molar-refractivity contribution in [1.29, 1.82) is 0 Å². The van der Waals surface area contributed by atoms with Gasteiger partial charge in [0, 0.05) is 18.1 Å². The van der Waals surface area contributed by atoms with E-state index in [0.29, 0.717) is 12.2 Å². The Labute approximate surface area is 177 Å². The highest BCUT2D eigenvalue weighted by Crippen LogP contribution is 2.42. The summed E-state index contributed by atoms with van der Waals surface area (Å²) in [4.78, 5) is 12.5. The molecule has 3 rings (SSSR count). The van der Waals surface area contributed by atoms with E-state index in [0.717, 1.165) is 30.0 Å². The Morgan fingerprint density at radius 1 is 1.10 bits per heavy atom. The second kappa shape index (κ2) is 8.66. The molecule has 0 radical (unpaired) electrons. The monoisotopic (exact) mass is 408 g/mol. The number of carbonyl (C=O) groups excluding carboxylic acids is 1. The molecule has 0 amide bonds. The summed E-state index contributed by atoms with van der Waals surface area (Å²) in [5.41, 5.74) is 2.59. The van der Waals surface area contributed by atoms with Crippen molar-refractivity contribution in [2.24, 2.45) is 0 Å². The number of allylic oxidation sites excluding steroid dienone is 2. The van der Waals surface area contributed by atoms with Crippen molar-refractivity contribution in [1.82, 2.24) is 0 Å². The molecule has 0 spiro atoms. The Morgan fingerprint density at radius 2 is 1.87 bits per heavy atom. The molecule has 0 bridgehead atoms. The van der Waals surface area contributed by atoms with Crippen molar-refractivity contribution in [2.75, 3.05) is 0 Å². The topological polar surface area (TPSA) is 87.0 Å². The number of ether oxygens (including phenoxy) is 1. The van der Waals surface area contributed by atoms with E-state index in [1.807, 2.05) is 19.1 Å². The summed E-state index contributed by atoms with van der Waals surface area (Å²) in [5.74, 6) is -0.0278. The fraction of sp³-hybridized carbons (Fsp3) is 0.320. The summed E-state index contributed by atoms with van der Waals surface area (Å²) in [6.45, 7) is 6.12. The Morgan fingerprint density at radius 3 is 2.57 bits per heavy atom. The Balaban J connectivity index is 1.76. The number of phenols is 3. The summed E-state index contributed by atoms with van der Waals surface area (Å²) in [6, 6.07) is 7.33. The lowest BCUT2D eigenvalue weighted by molar-refractivity contribution is 0.0979. The number of aromatic hydroxyl groups is 3. The largest absolute Gasteiger partial charge is 0.508 e. The van der Waals surface area contributed by atoms with Crippen LogP contribution in [0, 0.1) is 0 Å². The van der Waals surface area contributed by atoms with Crippen LogP contribution in [-0.2, 0) is 6.42 Å². The minimum atomic E-state index is -0.511.